The second kappa shape index (κ2) is 8.32. The van der Waals surface area contributed by atoms with Gasteiger partial charge in [-0.05, 0) is 25.6 Å². The summed E-state index contributed by atoms with van der Waals surface area (Å²) in [6.45, 7) is 7.78. The second-order valence-electron chi connectivity index (χ2n) is 4.61. The summed E-state index contributed by atoms with van der Waals surface area (Å²) in [6, 6.07) is 7.74. The van der Waals surface area contributed by atoms with Crippen molar-refractivity contribution in [1.82, 2.24) is 14.9 Å². The Bertz CT molecular complexity index is 540. The first-order valence-electron chi connectivity index (χ1n) is 7.39. The van der Waals surface area contributed by atoms with Gasteiger partial charge in [0.05, 0.1) is 25.2 Å². The number of para-hydroxylation sites is 2. The number of imidazole rings is 1. The van der Waals surface area contributed by atoms with Gasteiger partial charge in [0.2, 0.25) is 0 Å². The van der Waals surface area contributed by atoms with E-state index in [0.29, 0.717) is 13.2 Å². The summed E-state index contributed by atoms with van der Waals surface area (Å²) < 4.78 is 13.4. The molecule has 0 aliphatic carbocycles. The Hall–Kier alpha value is -2.01. The maximum absolute atomic E-state index is 5.79. The molecule has 0 unspecified atom stereocenters. The molecule has 1 aromatic heterocycles. The van der Waals surface area contributed by atoms with Crippen molar-refractivity contribution in [3.63, 3.8) is 0 Å². The van der Waals surface area contributed by atoms with E-state index < -0.39 is 0 Å². The molecule has 5 nitrogen and oxygen atoms in total. The van der Waals surface area contributed by atoms with Gasteiger partial charge in [-0.25, -0.2) is 4.98 Å². The maximum Gasteiger partial charge on any atom is 0.161 e. The average Bonchev–Trinajstić information content (AvgIpc) is 2.95. The topological polar surface area (TPSA) is 48.3 Å². The van der Waals surface area contributed by atoms with Gasteiger partial charge in [-0.15, -0.1) is 0 Å². The first-order chi connectivity index (χ1) is 10.3. The van der Waals surface area contributed by atoms with Gasteiger partial charge in [-0.3, -0.25) is 0 Å². The molecule has 114 valence electrons. The second-order valence-corrected chi connectivity index (χ2v) is 4.61. The molecule has 0 bridgehead atoms. The number of ether oxygens (including phenoxy) is 2. The van der Waals surface area contributed by atoms with E-state index in [9.17, 15) is 0 Å². The van der Waals surface area contributed by atoms with E-state index in [4.69, 9.17) is 9.47 Å². The molecule has 0 aliphatic heterocycles. The predicted molar refractivity (Wildman–Crippen MR) is 82.7 cm³/mol. The van der Waals surface area contributed by atoms with Gasteiger partial charge in [0.1, 0.15) is 6.61 Å². The summed E-state index contributed by atoms with van der Waals surface area (Å²) in [6.07, 6.45) is 3.88. The maximum atomic E-state index is 5.79. The van der Waals surface area contributed by atoms with Gasteiger partial charge >= 0.3 is 0 Å². The van der Waals surface area contributed by atoms with Gasteiger partial charge < -0.3 is 19.4 Å². The van der Waals surface area contributed by atoms with Crippen LogP contribution in [0, 0.1) is 0 Å². The van der Waals surface area contributed by atoms with Gasteiger partial charge in [-0.2, -0.15) is 0 Å². The van der Waals surface area contributed by atoms with Crippen LogP contribution in [0.1, 0.15) is 19.5 Å². The largest absolute Gasteiger partial charge is 0.490 e. The van der Waals surface area contributed by atoms with Crippen molar-refractivity contribution >= 4 is 0 Å². The van der Waals surface area contributed by atoms with Crippen LogP contribution in [-0.2, 0) is 13.1 Å². The molecule has 1 heterocycles. The lowest BCUT2D eigenvalue weighted by Crippen LogP contribution is -2.12. The lowest BCUT2D eigenvalue weighted by atomic mass is 10.3. The lowest BCUT2D eigenvalue weighted by Gasteiger charge is -2.11. The Balaban J connectivity index is 1.82. The third-order valence-electron chi connectivity index (χ3n) is 3.00. The van der Waals surface area contributed by atoms with Crippen LogP contribution in [-0.4, -0.2) is 29.3 Å². The first-order valence-corrected chi connectivity index (χ1v) is 7.39. The fourth-order valence-electron chi connectivity index (χ4n) is 1.98. The van der Waals surface area contributed by atoms with Gasteiger partial charge in [0, 0.05) is 12.7 Å². The molecule has 0 aliphatic rings. The van der Waals surface area contributed by atoms with E-state index >= 15 is 0 Å². The SMILES string of the molecule is CCNCc1cn(CCOc2ccccc2OCC)cn1. The zero-order valence-corrected chi connectivity index (χ0v) is 12.7. The number of aromatic nitrogens is 2. The number of benzene rings is 1. The van der Waals surface area contributed by atoms with Crippen molar-refractivity contribution in [3.8, 4) is 11.5 Å². The van der Waals surface area contributed by atoms with Crippen LogP contribution in [0.15, 0.2) is 36.8 Å². The smallest absolute Gasteiger partial charge is 0.161 e. The molecule has 0 spiro atoms. The van der Waals surface area contributed by atoms with Crippen LogP contribution in [0.3, 0.4) is 0 Å². The summed E-state index contributed by atoms with van der Waals surface area (Å²) in [4.78, 5) is 4.35. The van der Waals surface area contributed by atoms with Gasteiger partial charge in [-0.1, -0.05) is 19.1 Å². The van der Waals surface area contributed by atoms with Crippen molar-refractivity contribution in [2.75, 3.05) is 19.8 Å². The van der Waals surface area contributed by atoms with E-state index in [0.717, 1.165) is 36.8 Å². The molecule has 0 saturated heterocycles. The van der Waals surface area contributed by atoms with E-state index in [1.807, 2.05) is 48.3 Å². The highest BCUT2D eigenvalue weighted by Crippen LogP contribution is 2.26. The first kappa shape index (κ1) is 15.4. The molecule has 0 amide bonds. The molecule has 0 atom stereocenters. The average molecular weight is 289 g/mol. The molecule has 0 radical (unpaired) electrons. The van der Waals surface area contributed by atoms with Crippen LogP contribution in [0.5, 0.6) is 11.5 Å². The monoisotopic (exact) mass is 289 g/mol. The minimum Gasteiger partial charge on any atom is -0.490 e. The number of hydrogen-bond acceptors (Lipinski definition) is 4. The Labute approximate surface area is 125 Å². The summed E-state index contributed by atoms with van der Waals surface area (Å²) in [5, 5.41) is 3.26. The molecule has 2 rings (SSSR count). The lowest BCUT2D eigenvalue weighted by molar-refractivity contribution is 0.266. The Morgan fingerprint density at radius 2 is 1.90 bits per heavy atom. The van der Waals surface area contributed by atoms with Crippen LogP contribution < -0.4 is 14.8 Å². The highest BCUT2D eigenvalue weighted by Gasteiger charge is 2.03. The fraction of sp³-hybridized carbons (Fsp3) is 0.438. The summed E-state index contributed by atoms with van der Waals surface area (Å²) in [7, 11) is 0. The highest BCUT2D eigenvalue weighted by molar-refractivity contribution is 5.39. The van der Waals surface area contributed by atoms with Gasteiger partial charge in [0.15, 0.2) is 11.5 Å². The molecule has 1 N–H and O–H groups in total. The Morgan fingerprint density at radius 1 is 1.14 bits per heavy atom. The van der Waals surface area contributed by atoms with Crippen molar-refractivity contribution in [3.05, 3.63) is 42.5 Å². The number of rotatable bonds is 9. The van der Waals surface area contributed by atoms with Crippen molar-refractivity contribution in [2.24, 2.45) is 0 Å². The van der Waals surface area contributed by atoms with E-state index in [1.54, 1.807) is 0 Å². The van der Waals surface area contributed by atoms with Crippen molar-refractivity contribution in [2.45, 2.75) is 26.9 Å². The molecule has 0 saturated carbocycles. The zero-order valence-electron chi connectivity index (χ0n) is 12.7. The molecular formula is C16H23N3O2. The van der Waals surface area contributed by atoms with E-state index in [2.05, 4.69) is 17.2 Å². The summed E-state index contributed by atoms with van der Waals surface area (Å²) >= 11 is 0. The minimum atomic E-state index is 0.584. The van der Waals surface area contributed by atoms with Crippen LogP contribution in [0.4, 0.5) is 0 Å². The molecule has 2 aromatic rings. The normalized spacial score (nSPS) is 10.6. The molecular weight excluding hydrogens is 266 g/mol. The van der Waals surface area contributed by atoms with Gasteiger partial charge in [0.25, 0.3) is 0 Å². The van der Waals surface area contributed by atoms with Crippen LogP contribution in [0.25, 0.3) is 0 Å². The van der Waals surface area contributed by atoms with Crippen molar-refractivity contribution < 1.29 is 9.47 Å². The third-order valence-corrected chi connectivity index (χ3v) is 3.00. The highest BCUT2D eigenvalue weighted by atomic mass is 16.5. The fourth-order valence-corrected chi connectivity index (χ4v) is 1.98. The molecule has 21 heavy (non-hydrogen) atoms. The number of nitrogens with one attached hydrogen (secondary N) is 1. The Kier molecular flexibility index (Phi) is 6.09. The Morgan fingerprint density at radius 3 is 2.62 bits per heavy atom. The quantitative estimate of drug-likeness (QED) is 0.770. The molecule has 0 fully saturated rings. The van der Waals surface area contributed by atoms with E-state index in [1.165, 1.54) is 0 Å². The van der Waals surface area contributed by atoms with Crippen LogP contribution >= 0.6 is 0 Å². The van der Waals surface area contributed by atoms with Crippen molar-refractivity contribution in [1.29, 1.82) is 0 Å². The van der Waals surface area contributed by atoms with Crippen LogP contribution in [0.2, 0.25) is 0 Å². The minimum absolute atomic E-state index is 0.584. The summed E-state index contributed by atoms with van der Waals surface area (Å²) in [5.41, 5.74) is 1.05. The van der Waals surface area contributed by atoms with E-state index in [-0.39, 0.29) is 0 Å². The predicted octanol–water partition coefficient (Wildman–Crippen LogP) is 2.47. The summed E-state index contributed by atoms with van der Waals surface area (Å²) in [5.74, 6) is 1.57. The molecule has 5 heteroatoms. The standard InChI is InChI=1S/C16H23N3O2/c1-3-17-11-14-12-19(13-18-14)9-10-21-16-8-6-5-7-15(16)20-4-2/h5-8,12-13,17H,3-4,9-11H2,1-2H3. The zero-order chi connectivity index (χ0) is 14.9. The number of nitrogens with zero attached hydrogens (tertiary/aromatic N) is 2. The third kappa shape index (κ3) is 4.79. The molecule has 1 aromatic carbocycles. The number of hydrogen-bond donors (Lipinski definition) is 1.